The number of aromatic nitrogens is 3. The van der Waals surface area contributed by atoms with E-state index in [4.69, 9.17) is 5.10 Å². The lowest BCUT2D eigenvalue weighted by molar-refractivity contribution is -0.238. The maximum atomic E-state index is 13.1. The number of pyridine rings is 1. The van der Waals surface area contributed by atoms with E-state index in [2.05, 4.69) is 10.3 Å². The van der Waals surface area contributed by atoms with Crippen molar-refractivity contribution in [2.45, 2.75) is 62.5 Å². The molecule has 2 aromatic rings. The number of rotatable bonds is 4. The Hall–Kier alpha value is -3.35. The molecule has 2 aliphatic heterocycles. The Morgan fingerprint density at radius 1 is 1.11 bits per heavy atom. The molecule has 0 saturated carbocycles. The monoisotopic (exact) mass is 541 g/mol. The van der Waals surface area contributed by atoms with Gasteiger partial charge in [-0.15, -0.1) is 0 Å². The van der Waals surface area contributed by atoms with Gasteiger partial charge in [-0.25, -0.2) is 9.67 Å². The Balaban J connectivity index is 1.33. The topological polar surface area (TPSA) is 83.3 Å². The van der Waals surface area contributed by atoms with Crippen molar-refractivity contribution >= 4 is 17.5 Å². The highest BCUT2D eigenvalue weighted by Crippen LogP contribution is 2.39. The zero-order chi connectivity index (χ0) is 27.3. The first-order valence-electron chi connectivity index (χ1n) is 12.2. The molecule has 1 saturated heterocycles. The first-order chi connectivity index (χ1) is 17.8. The molecule has 3 aliphatic rings. The molecule has 2 N–H and O–H groups in total. The summed E-state index contributed by atoms with van der Waals surface area (Å²) in [6.07, 6.45) is -4.72. The lowest BCUT2D eigenvalue weighted by Gasteiger charge is -2.33. The summed E-state index contributed by atoms with van der Waals surface area (Å²) in [7, 11) is 0. The van der Waals surface area contributed by atoms with Crippen molar-refractivity contribution < 1.29 is 36.2 Å². The van der Waals surface area contributed by atoms with Crippen molar-refractivity contribution in [3.8, 4) is 0 Å². The van der Waals surface area contributed by atoms with Gasteiger partial charge in [0.1, 0.15) is 17.3 Å². The smallest absolute Gasteiger partial charge is 0.376 e. The van der Waals surface area contributed by atoms with Crippen LogP contribution in [-0.2, 0) is 23.9 Å². The summed E-state index contributed by atoms with van der Waals surface area (Å²) in [6.45, 7) is 1.05. The Morgan fingerprint density at radius 2 is 1.84 bits per heavy atom. The lowest BCUT2D eigenvalue weighted by Crippen LogP contribution is -2.43. The highest BCUT2D eigenvalue weighted by atomic mass is 19.4. The van der Waals surface area contributed by atoms with Gasteiger partial charge in [-0.05, 0) is 43.0 Å². The molecule has 5 rings (SSSR count). The molecule has 7 nitrogen and oxygen atoms in total. The maximum Gasteiger partial charge on any atom is 0.433 e. The van der Waals surface area contributed by atoms with Gasteiger partial charge in [0.05, 0.1) is 12.2 Å². The van der Waals surface area contributed by atoms with Crippen molar-refractivity contribution in [2.75, 3.05) is 23.3 Å². The molecule has 38 heavy (non-hydrogen) atoms. The molecular formula is C25H25F6N5O2. The molecule has 204 valence electrons. The molecular weight excluding hydrogens is 516 g/mol. The van der Waals surface area contributed by atoms with E-state index in [0.717, 1.165) is 23.4 Å². The van der Waals surface area contributed by atoms with Crippen LogP contribution in [0, 0.1) is 0 Å². The minimum Gasteiger partial charge on any atom is -0.376 e. The second-order valence-corrected chi connectivity index (χ2v) is 9.80. The van der Waals surface area contributed by atoms with Crippen molar-refractivity contribution in [3.63, 3.8) is 0 Å². The summed E-state index contributed by atoms with van der Waals surface area (Å²) in [5, 5.41) is 17.4. The number of aliphatic hydroxyl groups is 1. The average Bonchev–Trinajstić information content (AvgIpc) is 3.22. The number of nitrogens with zero attached hydrogens (tertiary/aromatic N) is 4. The lowest BCUT2D eigenvalue weighted by atomic mass is 9.89. The van der Waals surface area contributed by atoms with E-state index in [1.165, 1.54) is 18.2 Å². The standard InChI is InChI=1S/C25H25F6N5O2/c26-24(27,28)18-2-1-3-19(32-18)35-12-8-16(9-13-35)21-17-4-5-20(37)33-22(17)36(34-21)14-15-6-10-23(38,11-7-15)25(29,30)31/h1-3,6-7,10,16,38H,4-5,8-9,11-14H2,(H,33,37). The van der Waals surface area contributed by atoms with Crippen LogP contribution in [0.4, 0.5) is 38.0 Å². The second-order valence-electron chi connectivity index (χ2n) is 9.80. The van der Waals surface area contributed by atoms with Gasteiger partial charge in [0.25, 0.3) is 0 Å². The number of carbonyl (C=O) groups is 1. The quantitative estimate of drug-likeness (QED) is 0.547. The van der Waals surface area contributed by atoms with Crippen LogP contribution in [0.2, 0.25) is 0 Å². The Labute approximate surface area is 213 Å². The molecule has 0 aromatic carbocycles. The van der Waals surface area contributed by atoms with E-state index < -0.39 is 30.1 Å². The predicted octanol–water partition coefficient (Wildman–Crippen LogP) is 4.75. The van der Waals surface area contributed by atoms with Crippen LogP contribution in [0.3, 0.4) is 0 Å². The zero-order valence-electron chi connectivity index (χ0n) is 20.1. The van der Waals surface area contributed by atoms with Gasteiger partial charge in [0, 0.05) is 37.4 Å². The molecule has 0 bridgehead atoms. The van der Waals surface area contributed by atoms with Gasteiger partial charge in [-0.1, -0.05) is 18.2 Å². The summed E-state index contributed by atoms with van der Waals surface area (Å²) >= 11 is 0. The second kappa shape index (κ2) is 9.44. The molecule has 4 heterocycles. The Kier molecular flexibility index (Phi) is 6.52. The van der Waals surface area contributed by atoms with Gasteiger partial charge >= 0.3 is 12.4 Å². The number of halogens is 6. The number of alkyl halides is 6. The van der Waals surface area contributed by atoms with Crippen LogP contribution >= 0.6 is 0 Å². The van der Waals surface area contributed by atoms with Crippen LogP contribution in [0.25, 0.3) is 0 Å². The van der Waals surface area contributed by atoms with E-state index in [-0.39, 0.29) is 30.6 Å². The number of allylic oxidation sites excluding steroid dienone is 2. The van der Waals surface area contributed by atoms with Crippen molar-refractivity contribution in [1.82, 2.24) is 14.8 Å². The normalized spacial score (nSPS) is 22.8. The van der Waals surface area contributed by atoms with Crippen LogP contribution < -0.4 is 10.2 Å². The van der Waals surface area contributed by atoms with Crippen LogP contribution in [0.15, 0.2) is 42.0 Å². The molecule has 1 atom stereocenters. The van der Waals surface area contributed by atoms with Gasteiger partial charge in [-0.2, -0.15) is 31.4 Å². The fourth-order valence-electron chi connectivity index (χ4n) is 5.09. The van der Waals surface area contributed by atoms with Crippen molar-refractivity contribution in [2.24, 2.45) is 0 Å². The molecule has 1 unspecified atom stereocenters. The minimum absolute atomic E-state index is 0.00625. The molecule has 1 aliphatic carbocycles. The highest BCUT2D eigenvalue weighted by molar-refractivity contribution is 5.93. The maximum absolute atomic E-state index is 13.1. The summed E-state index contributed by atoms with van der Waals surface area (Å²) in [4.78, 5) is 17.7. The van der Waals surface area contributed by atoms with Crippen molar-refractivity contribution in [3.05, 3.63) is 59.0 Å². The number of carbonyl (C=O) groups excluding carboxylic acids is 1. The summed E-state index contributed by atoms with van der Waals surface area (Å²) < 4.78 is 80.1. The third kappa shape index (κ3) is 5.03. The first kappa shape index (κ1) is 26.3. The predicted molar refractivity (Wildman–Crippen MR) is 125 cm³/mol. The molecule has 1 amide bonds. The highest BCUT2D eigenvalue weighted by Gasteiger charge is 2.51. The van der Waals surface area contributed by atoms with E-state index in [0.29, 0.717) is 43.7 Å². The summed E-state index contributed by atoms with van der Waals surface area (Å²) in [6, 6.07) is 3.82. The molecule has 13 heteroatoms. The van der Waals surface area contributed by atoms with Crippen LogP contribution in [0.5, 0.6) is 0 Å². The van der Waals surface area contributed by atoms with Crippen LogP contribution in [0.1, 0.15) is 48.6 Å². The number of anilines is 2. The fraction of sp³-hybridized carbons (Fsp3) is 0.480. The summed E-state index contributed by atoms with van der Waals surface area (Å²) in [5.74, 6) is 0.570. The van der Waals surface area contributed by atoms with E-state index in [1.54, 1.807) is 15.6 Å². The number of hydrogen-bond donors (Lipinski definition) is 2. The largest absolute Gasteiger partial charge is 0.433 e. The molecule has 0 spiro atoms. The summed E-state index contributed by atoms with van der Waals surface area (Å²) in [5.41, 5.74) is -1.69. The van der Waals surface area contributed by atoms with Crippen molar-refractivity contribution in [1.29, 1.82) is 0 Å². The molecule has 0 radical (unpaired) electrons. The van der Waals surface area contributed by atoms with Crippen LogP contribution in [-0.4, -0.2) is 50.6 Å². The number of hydrogen-bond acceptors (Lipinski definition) is 5. The third-order valence-electron chi connectivity index (χ3n) is 7.24. The number of nitrogens with one attached hydrogen (secondary N) is 1. The Bertz CT molecular complexity index is 1290. The average molecular weight is 541 g/mol. The molecule has 1 fully saturated rings. The SMILES string of the molecule is O=C1CCc2c(C3CCN(c4cccc(C(F)(F)F)n4)CC3)nn(CC3=CCC(O)(C(F)(F)F)C=C3)c2N1. The number of amides is 1. The van der Waals surface area contributed by atoms with Gasteiger partial charge < -0.3 is 15.3 Å². The zero-order valence-corrected chi connectivity index (χ0v) is 20.1. The van der Waals surface area contributed by atoms with E-state index in [9.17, 15) is 36.2 Å². The van der Waals surface area contributed by atoms with E-state index >= 15 is 0 Å². The molecule has 2 aromatic heterocycles. The number of piperidine rings is 1. The minimum atomic E-state index is -4.80. The third-order valence-corrected chi connectivity index (χ3v) is 7.24. The number of fused-ring (bicyclic) bond motifs is 1. The van der Waals surface area contributed by atoms with Gasteiger partial charge in [0.15, 0.2) is 5.60 Å². The first-order valence-corrected chi connectivity index (χ1v) is 12.2. The Morgan fingerprint density at radius 3 is 2.47 bits per heavy atom. The van der Waals surface area contributed by atoms with Gasteiger partial charge in [0.2, 0.25) is 5.91 Å². The van der Waals surface area contributed by atoms with Gasteiger partial charge in [-0.3, -0.25) is 4.79 Å². The van der Waals surface area contributed by atoms with E-state index in [1.807, 2.05) is 0 Å². The fourth-order valence-corrected chi connectivity index (χ4v) is 5.09.